The molecule has 0 aromatic heterocycles. The van der Waals surface area contributed by atoms with Gasteiger partial charge in [-0.1, -0.05) is 26.3 Å². The van der Waals surface area contributed by atoms with Crippen molar-refractivity contribution in [1.82, 2.24) is 0 Å². The van der Waals surface area contributed by atoms with Crippen molar-refractivity contribution in [2.45, 2.75) is 76.7 Å². The van der Waals surface area contributed by atoms with Crippen LogP contribution >= 0.6 is 0 Å². The van der Waals surface area contributed by atoms with Gasteiger partial charge in [-0.15, -0.1) is 0 Å². The number of allylic oxidation sites excluding steroid dienone is 1. The molecule has 0 spiro atoms. The fourth-order valence-corrected chi connectivity index (χ4v) is 8.62. The zero-order chi connectivity index (χ0) is 24.5. The number of carbonyl (C=O) groups excluding carboxylic acids is 2. The largest absolute Gasteiger partial charge is 0.458 e. The van der Waals surface area contributed by atoms with E-state index in [1.165, 1.54) is 29.8 Å². The first kappa shape index (κ1) is 23.7. The Labute approximate surface area is 202 Å². The molecule has 0 saturated heterocycles. The molecule has 184 valence electrons. The van der Waals surface area contributed by atoms with Gasteiger partial charge in [0.1, 0.15) is 6.10 Å². The number of hydrogen-bond donors (Lipinski definition) is 1. The van der Waals surface area contributed by atoms with Crippen molar-refractivity contribution in [1.29, 1.82) is 0 Å². The molecule has 0 bridgehead atoms. The van der Waals surface area contributed by atoms with Crippen LogP contribution < -0.4 is 5.14 Å². The monoisotopic (exact) mass is 485 g/mol. The minimum absolute atomic E-state index is 0.0204. The Hall–Kier alpha value is -1.99. The van der Waals surface area contributed by atoms with E-state index in [0.717, 1.165) is 38.5 Å². The number of primary sulfonamides is 1. The van der Waals surface area contributed by atoms with Crippen LogP contribution in [0.4, 0.5) is 0 Å². The second kappa shape index (κ2) is 8.02. The fourth-order valence-electron chi connectivity index (χ4n) is 8.11. The number of hydrogen-bond acceptors (Lipinski definition) is 5. The number of carbonyl (C=O) groups is 2. The van der Waals surface area contributed by atoms with E-state index in [4.69, 9.17) is 9.88 Å². The van der Waals surface area contributed by atoms with Crippen LogP contribution in [0.3, 0.4) is 0 Å². The summed E-state index contributed by atoms with van der Waals surface area (Å²) >= 11 is 0. The van der Waals surface area contributed by atoms with Gasteiger partial charge in [0, 0.05) is 11.8 Å². The van der Waals surface area contributed by atoms with Crippen LogP contribution in [0.5, 0.6) is 0 Å². The predicted molar refractivity (Wildman–Crippen MR) is 128 cm³/mol. The molecule has 0 radical (unpaired) electrons. The van der Waals surface area contributed by atoms with E-state index in [1.54, 1.807) is 0 Å². The molecule has 1 aromatic rings. The third kappa shape index (κ3) is 3.67. The van der Waals surface area contributed by atoms with Crippen LogP contribution in [0.25, 0.3) is 0 Å². The molecule has 1 aromatic carbocycles. The van der Waals surface area contributed by atoms with E-state index in [-0.39, 0.29) is 27.6 Å². The molecule has 0 amide bonds. The van der Waals surface area contributed by atoms with E-state index in [9.17, 15) is 18.0 Å². The van der Waals surface area contributed by atoms with Crippen molar-refractivity contribution < 1.29 is 22.7 Å². The maximum Gasteiger partial charge on any atom is 0.338 e. The number of ether oxygens (including phenoxy) is 1. The smallest absolute Gasteiger partial charge is 0.338 e. The highest BCUT2D eigenvalue weighted by Gasteiger charge is 2.61. The van der Waals surface area contributed by atoms with Gasteiger partial charge in [-0.05, 0) is 98.0 Å². The molecule has 6 nitrogen and oxygen atoms in total. The SMILES string of the molecule is C[C@H]1CC2C(CC[C@@]3(C)C2CC[C@@H]3OC(=O)c2ccc(S(N)(=O)=O)cc2)[C@@]2(C)CCC(=O)C=C12. The van der Waals surface area contributed by atoms with Crippen LogP contribution in [0.2, 0.25) is 0 Å². The Morgan fingerprint density at radius 2 is 1.76 bits per heavy atom. The molecular formula is C27H35NO5S. The van der Waals surface area contributed by atoms with E-state index < -0.39 is 16.0 Å². The summed E-state index contributed by atoms with van der Waals surface area (Å²) in [5, 5.41) is 5.16. The van der Waals surface area contributed by atoms with Gasteiger partial charge in [-0.25, -0.2) is 18.4 Å². The average molecular weight is 486 g/mol. The van der Waals surface area contributed by atoms with Crippen LogP contribution in [0.15, 0.2) is 40.8 Å². The Morgan fingerprint density at radius 3 is 2.44 bits per heavy atom. The quantitative estimate of drug-likeness (QED) is 0.628. The first-order valence-corrected chi connectivity index (χ1v) is 14.1. The number of ketones is 1. The molecule has 5 rings (SSSR count). The molecule has 0 heterocycles. The van der Waals surface area contributed by atoms with Gasteiger partial charge in [-0.2, -0.15) is 0 Å². The van der Waals surface area contributed by atoms with Crippen molar-refractivity contribution in [2.24, 2.45) is 39.6 Å². The average Bonchev–Trinajstić information content (AvgIpc) is 3.11. The van der Waals surface area contributed by atoms with Crippen molar-refractivity contribution >= 4 is 21.8 Å². The van der Waals surface area contributed by atoms with E-state index in [1.807, 2.05) is 6.08 Å². The van der Waals surface area contributed by atoms with Crippen molar-refractivity contribution in [3.63, 3.8) is 0 Å². The van der Waals surface area contributed by atoms with E-state index in [0.29, 0.717) is 35.7 Å². The molecule has 34 heavy (non-hydrogen) atoms. The lowest BCUT2D eigenvalue weighted by Gasteiger charge is -2.59. The number of rotatable bonds is 3. The summed E-state index contributed by atoms with van der Waals surface area (Å²) < 4.78 is 29.1. The normalized spacial score (nSPS) is 39.5. The fraction of sp³-hybridized carbons (Fsp3) is 0.630. The third-order valence-corrected chi connectivity index (χ3v) is 10.8. The number of sulfonamides is 1. The van der Waals surface area contributed by atoms with Crippen LogP contribution in [0, 0.1) is 34.5 Å². The van der Waals surface area contributed by atoms with Crippen LogP contribution in [-0.4, -0.2) is 26.3 Å². The Balaban J connectivity index is 1.35. The Morgan fingerprint density at radius 1 is 1.06 bits per heavy atom. The summed E-state index contributed by atoms with van der Waals surface area (Å²) in [6.07, 6.45) is 8.57. The van der Waals surface area contributed by atoms with Gasteiger partial charge in [0.05, 0.1) is 10.5 Å². The zero-order valence-electron chi connectivity index (χ0n) is 20.3. The molecule has 2 N–H and O–H groups in total. The first-order chi connectivity index (χ1) is 15.9. The number of benzene rings is 1. The van der Waals surface area contributed by atoms with Gasteiger partial charge in [0.15, 0.2) is 5.78 Å². The highest BCUT2D eigenvalue weighted by atomic mass is 32.2. The lowest BCUT2D eigenvalue weighted by Crippen LogP contribution is -2.53. The Kier molecular flexibility index (Phi) is 5.60. The molecule has 3 unspecified atom stereocenters. The van der Waals surface area contributed by atoms with Crippen LogP contribution in [-0.2, 0) is 19.6 Å². The molecule has 4 aliphatic carbocycles. The minimum atomic E-state index is -3.80. The van der Waals surface area contributed by atoms with Gasteiger partial charge in [-0.3, -0.25) is 4.79 Å². The summed E-state index contributed by atoms with van der Waals surface area (Å²) in [7, 11) is -3.80. The summed E-state index contributed by atoms with van der Waals surface area (Å²) in [4.78, 5) is 25.1. The van der Waals surface area contributed by atoms with Crippen molar-refractivity contribution in [3.8, 4) is 0 Å². The minimum Gasteiger partial charge on any atom is -0.458 e. The molecular weight excluding hydrogens is 450 g/mol. The summed E-state index contributed by atoms with van der Waals surface area (Å²) in [6.45, 7) is 6.97. The summed E-state index contributed by atoms with van der Waals surface area (Å²) in [5.74, 6) is 1.96. The first-order valence-electron chi connectivity index (χ1n) is 12.5. The lowest BCUT2D eigenvalue weighted by atomic mass is 9.45. The molecule has 4 aliphatic rings. The maximum atomic E-state index is 12.9. The lowest BCUT2D eigenvalue weighted by molar-refractivity contribution is -0.118. The van der Waals surface area contributed by atoms with Crippen molar-refractivity contribution in [3.05, 3.63) is 41.5 Å². The van der Waals surface area contributed by atoms with E-state index in [2.05, 4.69) is 20.8 Å². The number of esters is 1. The number of nitrogens with two attached hydrogens (primary N) is 1. The number of fused-ring (bicyclic) bond motifs is 5. The molecule has 7 heteroatoms. The molecule has 3 saturated carbocycles. The second-order valence-corrected chi connectivity index (χ2v) is 13.1. The van der Waals surface area contributed by atoms with Gasteiger partial charge < -0.3 is 4.74 Å². The van der Waals surface area contributed by atoms with Crippen LogP contribution in [0.1, 0.15) is 76.1 Å². The summed E-state index contributed by atoms with van der Waals surface area (Å²) in [5.41, 5.74) is 1.77. The van der Waals surface area contributed by atoms with Gasteiger partial charge >= 0.3 is 5.97 Å². The molecule has 7 atom stereocenters. The van der Waals surface area contributed by atoms with Gasteiger partial charge in [0.25, 0.3) is 0 Å². The van der Waals surface area contributed by atoms with Crippen molar-refractivity contribution in [2.75, 3.05) is 0 Å². The Bertz CT molecular complexity index is 1160. The topological polar surface area (TPSA) is 104 Å². The van der Waals surface area contributed by atoms with E-state index >= 15 is 0 Å². The molecule has 0 aliphatic heterocycles. The standard InChI is InChI=1S/C27H35NO5S/c1-16-14-20-21-8-9-24(33-25(30)17-4-6-19(7-5-17)34(28,31)32)27(21,3)13-11-22(20)26(2)12-10-18(29)15-23(16)26/h4-7,15-16,20-22,24H,8-14H2,1-3H3,(H2,28,31,32)/t16-,20?,21?,22?,24-,26+,27-/m0/s1. The van der Waals surface area contributed by atoms with Gasteiger partial charge in [0.2, 0.25) is 10.0 Å². The zero-order valence-corrected chi connectivity index (χ0v) is 21.1. The highest BCUT2D eigenvalue weighted by molar-refractivity contribution is 7.89. The predicted octanol–water partition coefficient (Wildman–Crippen LogP) is 4.64. The summed E-state index contributed by atoms with van der Waals surface area (Å²) in [6, 6.07) is 5.63. The third-order valence-electron chi connectivity index (χ3n) is 9.86. The molecule has 3 fully saturated rings. The highest BCUT2D eigenvalue weighted by Crippen LogP contribution is 2.66. The maximum absolute atomic E-state index is 12.9. The second-order valence-electron chi connectivity index (χ2n) is 11.6.